The first-order valence-electron chi connectivity index (χ1n) is 22.4. The van der Waals surface area contributed by atoms with E-state index in [1.165, 1.54) is 135 Å². The Morgan fingerprint density at radius 2 is 1.00 bits per heavy atom. The predicted octanol–water partition coefficient (Wildman–Crippen LogP) is 12.3. The Balaban J connectivity index is 4.20. The highest BCUT2D eigenvalue weighted by Gasteiger charge is 2.27. The van der Waals surface area contributed by atoms with Crippen molar-refractivity contribution in [2.24, 2.45) is 5.73 Å². The molecule has 0 aliphatic carbocycles. The van der Waals surface area contributed by atoms with E-state index >= 15 is 0 Å². The molecule has 0 heterocycles. The van der Waals surface area contributed by atoms with E-state index < -0.39 is 45.1 Å². The summed E-state index contributed by atoms with van der Waals surface area (Å²) in [7, 11) is -4.61. The van der Waals surface area contributed by atoms with Crippen LogP contribution >= 0.6 is 7.82 Å². The summed E-state index contributed by atoms with van der Waals surface area (Å²) in [6, 6.07) is -1.47. The quantitative estimate of drug-likeness (QED) is 0.0235. The van der Waals surface area contributed by atoms with E-state index in [2.05, 4.69) is 38.2 Å². The normalized spacial score (nSPS) is 14.1. The number of hydrogen-bond donors (Lipinski definition) is 3. The Bertz CT molecular complexity index is 977. The number of esters is 1. The summed E-state index contributed by atoms with van der Waals surface area (Å²) in [5.41, 5.74) is 5.36. The second-order valence-electron chi connectivity index (χ2n) is 15.2. The third kappa shape index (κ3) is 40.4. The van der Waals surface area contributed by atoms with Gasteiger partial charge in [0.1, 0.15) is 12.1 Å². The molecule has 0 bridgehead atoms. The van der Waals surface area contributed by atoms with Gasteiger partial charge in [0.15, 0.2) is 0 Å². The van der Waals surface area contributed by atoms with Gasteiger partial charge in [-0.1, -0.05) is 179 Å². The van der Waals surface area contributed by atoms with Crippen molar-refractivity contribution in [1.29, 1.82) is 0 Å². The van der Waals surface area contributed by atoms with E-state index in [1.54, 1.807) is 0 Å². The number of phosphoric acid groups is 1. The van der Waals surface area contributed by atoms with Crippen LogP contribution in [0.15, 0.2) is 24.3 Å². The molecule has 11 heteroatoms. The molecule has 3 unspecified atom stereocenters. The van der Waals surface area contributed by atoms with E-state index in [0.717, 1.165) is 44.9 Å². The molecule has 0 amide bonds. The van der Waals surface area contributed by atoms with Gasteiger partial charge in [0.05, 0.1) is 19.8 Å². The van der Waals surface area contributed by atoms with Crippen molar-refractivity contribution in [2.45, 2.75) is 219 Å². The highest BCUT2D eigenvalue weighted by Crippen LogP contribution is 2.43. The Kier molecular flexibility index (Phi) is 39.5. The Morgan fingerprint density at radius 3 is 1.49 bits per heavy atom. The van der Waals surface area contributed by atoms with Gasteiger partial charge in [-0.2, -0.15) is 0 Å². The summed E-state index contributed by atoms with van der Waals surface area (Å²) < 4.78 is 33.4. The Labute approximate surface area is 336 Å². The molecule has 0 rings (SSSR count). The van der Waals surface area contributed by atoms with Crippen molar-refractivity contribution in [3.8, 4) is 0 Å². The number of carbonyl (C=O) groups excluding carboxylic acids is 1. The van der Waals surface area contributed by atoms with Crippen molar-refractivity contribution in [3.63, 3.8) is 0 Å². The van der Waals surface area contributed by atoms with Gasteiger partial charge in [0.25, 0.3) is 0 Å². The molecule has 4 N–H and O–H groups in total. The first kappa shape index (κ1) is 53.5. The summed E-state index contributed by atoms with van der Waals surface area (Å²) in [5, 5.41) is 8.89. The van der Waals surface area contributed by atoms with Crippen LogP contribution < -0.4 is 5.73 Å². The van der Waals surface area contributed by atoms with Crippen LogP contribution in [0.4, 0.5) is 0 Å². The van der Waals surface area contributed by atoms with Gasteiger partial charge in [-0.05, 0) is 44.9 Å². The monoisotopic (exact) mass is 802 g/mol. The number of nitrogens with two attached hydrogens (primary N) is 1. The summed E-state index contributed by atoms with van der Waals surface area (Å²) in [4.78, 5) is 33.5. The van der Waals surface area contributed by atoms with Gasteiger partial charge in [0.2, 0.25) is 0 Å². The van der Waals surface area contributed by atoms with Crippen molar-refractivity contribution >= 4 is 19.8 Å². The van der Waals surface area contributed by atoms with Gasteiger partial charge in [-0.3, -0.25) is 18.6 Å². The molecule has 0 aromatic rings. The maximum Gasteiger partial charge on any atom is 0.472 e. The number of rotatable bonds is 43. The summed E-state index contributed by atoms with van der Waals surface area (Å²) in [6.45, 7) is 3.87. The van der Waals surface area contributed by atoms with Crippen LogP contribution in [0.2, 0.25) is 0 Å². The largest absolute Gasteiger partial charge is 0.480 e. The molecule has 324 valence electrons. The lowest BCUT2D eigenvalue weighted by atomic mass is 10.0. The third-order valence-electron chi connectivity index (χ3n) is 9.73. The standard InChI is InChI=1S/C44H84NO9P/c1-3-5-7-9-11-13-15-17-19-20-21-22-23-25-27-29-31-33-35-37-51-38-41(39-52-55(49,50)53-40-42(45)44(47)48)54-43(46)36-34-32-30-28-26-24-18-16-14-12-10-8-6-4-2/h13,15,19-20,41-42H,3-12,14,16-18,21-40,45H2,1-2H3,(H,47,48)(H,49,50)/b15-13-,20-19-. The number of carboxylic acids is 1. The molecule has 0 aromatic carbocycles. The molecule has 0 aliphatic rings. The second kappa shape index (κ2) is 40.6. The number of phosphoric ester groups is 1. The molecular weight excluding hydrogens is 717 g/mol. The molecule has 0 aliphatic heterocycles. The SMILES string of the molecule is CCCCCC/C=C\C/C=C\CCCCCCCCCCOCC(COP(=O)(O)OCC(N)C(=O)O)OC(=O)CCCCCCCCCCCCCCCC. The molecule has 3 atom stereocenters. The minimum absolute atomic E-state index is 0.0168. The molecule has 55 heavy (non-hydrogen) atoms. The predicted molar refractivity (Wildman–Crippen MR) is 226 cm³/mol. The van der Waals surface area contributed by atoms with Crippen LogP contribution in [-0.4, -0.2) is 60.5 Å². The minimum atomic E-state index is -4.61. The lowest BCUT2D eigenvalue weighted by Gasteiger charge is -2.20. The number of allylic oxidation sites excluding steroid dienone is 4. The fourth-order valence-electron chi connectivity index (χ4n) is 6.22. The van der Waals surface area contributed by atoms with Crippen LogP contribution in [0, 0.1) is 0 Å². The number of ether oxygens (including phenoxy) is 2. The highest BCUT2D eigenvalue weighted by atomic mass is 31.2. The first-order chi connectivity index (χ1) is 26.7. The van der Waals surface area contributed by atoms with E-state index in [0.29, 0.717) is 13.0 Å². The molecule has 0 aromatic heterocycles. The maximum atomic E-state index is 12.6. The number of carbonyl (C=O) groups is 2. The van der Waals surface area contributed by atoms with Crippen LogP contribution in [0.3, 0.4) is 0 Å². The van der Waals surface area contributed by atoms with E-state index in [-0.39, 0.29) is 13.0 Å². The molecular formula is C44H84NO9P. The van der Waals surface area contributed by atoms with Crippen molar-refractivity contribution in [2.75, 3.05) is 26.4 Å². The third-order valence-corrected chi connectivity index (χ3v) is 10.7. The average molecular weight is 802 g/mol. The van der Waals surface area contributed by atoms with E-state index in [1.807, 2.05) is 0 Å². The topological polar surface area (TPSA) is 155 Å². The molecule has 0 fully saturated rings. The summed E-state index contributed by atoms with van der Waals surface area (Å²) >= 11 is 0. The Morgan fingerprint density at radius 1 is 0.582 bits per heavy atom. The second-order valence-corrected chi connectivity index (χ2v) is 16.6. The van der Waals surface area contributed by atoms with Gasteiger partial charge >= 0.3 is 19.8 Å². The van der Waals surface area contributed by atoms with Crippen molar-refractivity contribution < 1.29 is 42.7 Å². The number of hydrogen-bond acceptors (Lipinski definition) is 8. The average Bonchev–Trinajstić information content (AvgIpc) is 3.16. The molecule has 10 nitrogen and oxygen atoms in total. The molecule has 0 spiro atoms. The first-order valence-corrected chi connectivity index (χ1v) is 23.9. The smallest absolute Gasteiger partial charge is 0.472 e. The van der Waals surface area contributed by atoms with E-state index in [4.69, 9.17) is 29.4 Å². The molecule has 0 saturated carbocycles. The van der Waals surface area contributed by atoms with Crippen LogP contribution in [0.25, 0.3) is 0 Å². The van der Waals surface area contributed by atoms with Crippen LogP contribution in [0.1, 0.15) is 206 Å². The van der Waals surface area contributed by atoms with Crippen molar-refractivity contribution in [3.05, 3.63) is 24.3 Å². The lowest BCUT2D eigenvalue weighted by Crippen LogP contribution is -2.34. The summed E-state index contributed by atoms with van der Waals surface area (Å²) in [5.74, 6) is -1.77. The van der Waals surface area contributed by atoms with Gasteiger partial charge in [-0.25, -0.2) is 4.57 Å². The maximum absolute atomic E-state index is 12.6. The fourth-order valence-corrected chi connectivity index (χ4v) is 7.00. The zero-order valence-electron chi connectivity index (χ0n) is 35.3. The zero-order chi connectivity index (χ0) is 40.5. The van der Waals surface area contributed by atoms with Crippen molar-refractivity contribution in [1.82, 2.24) is 0 Å². The fraction of sp³-hybridized carbons (Fsp3) is 0.864. The summed E-state index contributed by atoms with van der Waals surface area (Å²) in [6.07, 6.45) is 43.7. The lowest BCUT2D eigenvalue weighted by molar-refractivity contribution is -0.154. The van der Waals surface area contributed by atoms with Gasteiger partial charge in [-0.15, -0.1) is 0 Å². The molecule has 0 radical (unpaired) electrons. The van der Waals surface area contributed by atoms with Gasteiger partial charge in [0, 0.05) is 13.0 Å². The Hall–Kier alpha value is -1.55. The molecule has 0 saturated heterocycles. The highest BCUT2D eigenvalue weighted by molar-refractivity contribution is 7.47. The zero-order valence-corrected chi connectivity index (χ0v) is 36.2. The minimum Gasteiger partial charge on any atom is -0.480 e. The number of aliphatic carboxylic acids is 1. The van der Waals surface area contributed by atoms with Crippen LogP contribution in [-0.2, 0) is 32.7 Å². The number of carboxylic acid groups (broad SMARTS) is 1. The van der Waals surface area contributed by atoms with E-state index in [9.17, 15) is 19.0 Å². The number of unbranched alkanes of at least 4 members (excludes halogenated alkanes) is 25. The van der Waals surface area contributed by atoms with Gasteiger partial charge < -0.3 is 25.2 Å². The van der Waals surface area contributed by atoms with Crippen LogP contribution in [0.5, 0.6) is 0 Å².